The molecule has 0 spiro atoms. The van der Waals surface area contributed by atoms with Crippen LogP contribution in [0.15, 0.2) is 11.2 Å². The highest BCUT2D eigenvalue weighted by Crippen LogP contribution is 2.43. The molecule has 0 radical (unpaired) electrons. The van der Waals surface area contributed by atoms with Gasteiger partial charge in [0, 0.05) is 23.5 Å². The molecule has 0 bridgehead atoms. The molecule has 1 amide bonds. The Kier molecular flexibility index (Phi) is 4.26. The molecule has 2 saturated heterocycles. The number of carboxylic acids is 1. The van der Waals surface area contributed by atoms with Crippen LogP contribution >= 0.6 is 23.5 Å². The molecule has 3 rings (SSSR count). The minimum absolute atomic E-state index is 0.0913. The summed E-state index contributed by atoms with van der Waals surface area (Å²) in [6.07, 6.45) is 0. The fourth-order valence-electron chi connectivity index (χ4n) is 2.71. The quantitative estimate of drug-likeness (QED) is 0.220. The number of hydrogen-bond acceptors (Lipinski definition) is 9. The topological polar surface area (TPSA) is 155 Å². The Hall–Kier alpha value is -1.72. The molecule has 0 aliphatic carbocycles. The number of carbonyl (C=O) groups is 2. The molecule has 130 valence electrons. The number of β-lactam (4-membered cyclic amide) rings is 1. The van der Waals surface area contributed by atoms with Gasteiger partial charge in [-0.2, -0.15) is 0 Å². The van der Waals surface area contributed by atoms with Crippen LogP contribution in [-0.2, 0) is 16.6 Å². The van der Waals surface area contributed by atoms with Gasteiger partial charge >= 0.3 is 5.16 Å². The van der Waals surface area contributed by atoms with Crippen LogP contribution in [0.3, 0.4) is 0 Å². The average Bonchev–Trinajstić information content (AvgIpc) is 2.55. The predicted octanol–water partition coefficient (Wildman–Crippen LogP) is -2.86. The van der Waals surface area contributed by atoms with Crippen LogP contribution in [0.2, 0.25) is 0 Å². The van der Waals surface area contributed by atoms with Crippen molar-refractivity contribution in [2.75, 3.05) is 29.5 Å². The zero-order chi connectivity index (χ0) is 17.6. The molecule has 2 aliphatic heterocycles. The lowest BCUT2D eigenvalue weighted by Gasteiger charge is -2.54. The normalized spacial score (nSPS) is 29.1. The molecule has 2 unspecified atom stereocenters. The largest absolute Gasteiger partial charge is 0.549 e. The maximum atomic E-state index is 11.8. The highest BCUT2D eigenvalue weighted by atomic mass is 32.2. The Balaban J connectivity index is 1.79. The molecule has 9 nitrogen and oxygen atoms in total. The summed E-state index contributed by atoms with van der Waals surface area (Å²) in [4.78, 5) is 29.3. The molecule has 1 aromatic heterocycles. The molecule has 6 N–H and O–H groups in total. The third-order valence-electron chi connectivity index (χ3n) is 4.29. The fourth-order valence-corrected chi connectivity index (χ4v) is 5.50. The number of aromatic nitrogens is 2. The van der Waals surface area contributed by atoms with Crippen molar-refractivity contribution in [3.63, 3.8) is 0 Å². The van der Waals surface area contributed by atoms with E-state index in [9.17, 15) is 14.7 Å². The van der Waals surface area contributed by atoms with E-state index in [1.165, 1.54) is 34.5 Å². The predicted molar refractivity (Wildman–Crippen MR) is 88.3 cm³/mol. The molecule has 2 aliphatic rings. The number of hydrogen-bond donors (Lipinski definition) is 3. The van der Waals surface area contributed by atoms with Gasteiger partial charge in [-0.3, -0.25) is 4.79 Å². The molecule has 0 saturated carbocycles. The molecule has 0 aromatic carbocycles. The monoisotopic (exact) mass is 370 g/mol. The summed E-state index contributed by atoms with van der Waals surface area (Å²) in [5.74, 6) is -0.204. The molecule has 24 heavy (non-hydrogen) atoms. The van der Waals surface area contributed by atoms with E-state index in [1.54, 1.807) is 11.6 Å². The highest BCUT2D eigenvalue weighted by Gasteiger charge is 2.53. The van der Waals surface area contributed by atoms with Crippen molar-refractivity contribution in [2.45, 2.75) is 16.6 Å². The zero-order valence-electron chi connectivity index (χ0n) is 13.0. The molecule has 2 fully saturated rings. The van der Waals surface area contributed by atoms with Crippen molar-refractivity contribution < 1.29 is 19.3 Å². The first-order valence-corrected chi connectivity index (χ1v) is 9.22. The van der Waals surface area contributed by atoms with Crippen LogP contribution < -0.4 is 26.9 Å². The summed E-state index contributed by atoms with van der Waals surface area (Å²) in [5.41, 5.74) is 16.1. The van der Waals surface area contributed by atoms with Crippen molar-refractivity contribution in [3.05, 3.63) is 6.07 Å². The van der Waals surface area contributed by atoms with E-state index in [2.05, 4.69) is 4.98 Å². The van der Waals surface area contributed by atoms with Gasteiger partial charge < -0.3 is 32.0 Å². The van der Waals surface area contributed by atoms with Crippen LogP contribution in [0.25, 0.3) is 0 Å². The summed E-state index contributed by atoms with van der Waals surface area (Å²) in [5, 5.41) is 12.2. The average molecular weight is 370 g/mol. The van der Waals surface area contributed by atoms with E-state index in [4.69, 9.17) is 17.2 Å². The second-order valence-corrected chi connectivity index (χ2v) is 8.04. The first-order chi connectivity index (χ1) is 11.2. The zero-order valence-corrected chi connectivity index (χ0v) is 14.6. The number of fused-ring (bicyclic) bond motifs is 1. The van der Waals surface area contributed by atoms with Crippen LogP contribution in [0.1, 0.15) is 0 Å². The van der Waals surface area contributed by atoms with Gasteiger partial charge in [-0.25, -0.2) is 4.57 Å². The first kappa shape index (κ1) is 17.1. The van der Waals surface area contributed by atoms with Gasteiger partial charge in [0.25, 0.3) is 0 Å². The Bertz CT molecular complexity index is 717. The van der Waals surface area contributed by atoms with E-state index in [0.717, 1.165) is 0 Å². The van der Waals surface area contributed by atoms with Gasteiger partial charge in [0.2, 0.25) is 17.5 Å². The number of nitrogens with two attached hydrogens (primary N) is 3. The van der Waals surface area contributed by atoms with Crippen molar-refractivity contribution in [1.29, 1.82) is 0 Å². The number of nitrogens with zero attached hydrogens (tertiary/aromatic N) is 3. The number of carbonyl (C=O) groups excluding carboxylic acids is 2. The summed E-state index contributed by atoms with van der Waals surface area (Å²) < 4.78 is 1.63. The Morgan fingerprint density at radius 1 is 1.62 bits per heavy atom. The summed E-state index contributed by atoms with van der Waals surface area (Å²) in [6.45, 7) is 0.0913. The van der Waals surface area contributed by atoms with E-state index in [0.29, 0.717) is 16.7 Å². The van der Waals surface area contributed by atoms with E-state index in [-0.39, 0.29) is 29.4 Å². The first-order valence-electron chi connectivity index (χ1n) is 7.19. The maximum Gasteiger partial charge on any atom is 0.300 e. The smallest absolute Gasteiger partial charge is 0.300 e. The minimum atomic E-state index is -1.19. The number of anilines is 2. The minimum Gasteiger partial charge on any atom is -0.549 e. The number of aliphatic carboxylic acids is 1. The molecule has 1 aromatic rings. The third kappa shape index (κ3) is 2.66. The van der Waals surface area contributed by atoms with E-state index < -0.39 is 17.4 Å². The molecular formula is C13H18N6O3S2. The van der Waals surface area contributed by atoms with Crippen LogP contribution in [0, 0.1) is 5.41 Å². The summed E-state index contributed by atoms with van der Waals surface area (Å²) in [7, 11) is 1.72. The molecule has 11 heteroatoms. The van der Waals surface area contributed by atoms with Crippen molar-refractivity contribution in [1.82, 2.24) is 9.88 Å². The van der Waals surface area contributed by atoms with E-state index >= 15 is 0 Å². The second-order valence-electron chi connectivity index (χ2n) is 6.00. The number of carboxylic acid groups (broad SMARTS) is 1. The van der Waals surface area contributed by atoms with Crippen molar-refractivity contribution in [2.24, 2.45) is 18.2 Å². The highest BCUT2D eigenvalue weighted by molar-refractivity contribution is 8.00. The van der Waals surface area contributed by atoms with Crippen molar-refractivity contribution in [3.8, 4) is 0 Å². The number of amides is 1. The second kappa shape index (κ2) is 5.97. The molecular weight excluding hydrogens is 352 g/mol. The van der Waals surface area contributed by atoms with Gasteiger partial charge in [0.15, 0.2) is 0 Å². The van der Waals surface area contributed by atoms with Gasteiger partial charge in [-0.1, -0.05) is 16.7 Å². The van der Waals surface area contributed by atoms with Gasteiger partial charge in [-0.05, 0) is 0 Å². The lowest BCUT2D eigenvalue weighted by Crippen LogP contribution is -2.73. The van der Waals surface area contributed by atoms with Crippen LogP contribution in [-0.4, -0.2) is 51.2 Å². The van der Waals surface area contributed by atoms with E-state index in [1.807, 2.05) is 0 Å². The molecule has 3 heterocycles. The Morgan fingerprint density at radius 2 is 2.33 bits per heavy atom. The number of rotatable bonds is 4. The van der Waals surface area contributed by atoms with Gasteiger partial charge in [-0.15, -0.1) is 11.8 Å². The SMILES string of the molecule is C[n+]1c(N)cc(N)nc1SCC1(C(=O)[O-])CS[C@@H]2C(N)C(=O)N2C1. The summed E-state index contributed by atoms with van der Waals surface area (Å²) in [6, 6.07) is 0.982. The third-order valence-corrected chi connectivity index (χ3v) is 7.22. The van der Waals surface area contributed by atoms with Crippen LogP contribution in [0.4, 0.5) is 11.6 Å². The Labute approximate surface area is 146 Å². The lowest BCUT2D eigenvalue weighted by molar-refractivity contribution is -0.698. The fraction of sp³-hybridized carbons (Fsp3) is 0.538. The van der Waals surface area contributed by atoms with Crippen molar-refractivity contribution >= 4 is 47.0 Å². The maximum absolute atomic E-state index is 11.8. The number of nitrogen functional groups attached to an aromatic ring is 2. The Morgan fingerprint density at radius 3 is 3.00 bits per heavy atom. The standard InChI is InChI=1S/C13H18N6O3S2/c1-18-7(15)2-6(14)17-12(18)24-5-13(11(21)22)3-19-9(20)8(16)10(19)23-4-13/h2,8,10H,3-5,16H2,1H3,(H4,14,15,21,22)/t8?,10-,13?/m1/s1. The number of thioether (sulfide) groups is 2. The lowest BCUT2D eigenvalue weighted by atomic mass is 9.89. The molecule has 3 atom stereocenters. The summed E-state index contributed by atoms with van der Waals surface area (Å²) >= 11 is 2.60. The van der Waals surface area contributed by atoms with Gasteiger partial charge in [0.05, 0.1) is 19.1 Å². The van der Waals surface area contributed by atoms with Gasteiger partial charge in [0.1, 0.15) is 11.4 Å². The van der Waals surface area contributed by atoms with Crippen LogP contribution in [0.5, 0.6) is 0 Å².